The van der Waals surface area contributed by atoms with Crippen molar-refractivity contribution in [2.45, 2.75) is 38.6 Å². The number of unbranched alkanes of at least 4 members (excludes halogenated alkanes) is 2. The molecule has 0 saturated heterocycles. The highest BCUT2D eigenvalue weighted by Gasteiger charge is 2.11. The van der Waals surface area contributed by atoms with E-state index in [4.69, 9.17) is 0 Å². The van der Waals surface area contributed by atoms with Gasteiger partial charge < -0.3 is 10.6 Å². The Morgan fingerprint density at radius 1 is 1.22 bits per heavy atom. The molecule has 0 spiro atoms. The van der Waals surface area contributed by atoms with E-state index in [-0.39, 0.29) is 11.9 Å². The minimum atomic E-state index is 0.0337. The van der Waals surface area contributed by atoms with Crippen LogP contribution in [0.2, 0.25) is 0 Å². The number of hydrogen-bond acceptors (Lipinski definition) is 2. The SMILES string of the molecule is CCCCCC(NCC(=O)NC)c1ccccc1. The maximum atomic E-state index is 11.3. The molecule has 0 aromatic heterocycles. The lowest BCUT2D eigenvalue weighted by Crippen LogP contribution is -2.33. The highest BCUT2D eigenvalue weighted by molar-refractivity contribution is 5.77. The van der Waals surface area contributed by atoms with Crippen LogP contribution in [0, 0.1) is 0 Å². The van der Waals surface area contributed by atoms with Crippen LogP contribution in [-0.2, 0) is 4.79 Å². The van der Waals surface area contributed by atoms with Crippen LogP contribution in [0.4, 0.5) is 0 Å². The number of likely N-dealkylation sites (N-methyl/N-ethyl adjacent to an activating group) is 1. The Balaban J connectivity index is 2.54. The van der Waals surface area contributed by atoms with E-state index in [1.54, 1.807) is 7.05 Å². The molecule has 1 rings (SSSR count). The van der Waals surface area contributed by atoms with Gasteiger partial charge in [-0.3, -0.25) is 4.79 Å². The molecular formula is C15H24N2O. The Morgan fingerprint density at radius 3 is 2.56 bits per heavy atom. The van der Waals surface area contributed by atoms with Gasteiger partial charge in [0.05, 0.1) is 6.54 Å². The molecule has 1 unspecified atom stereocenters. The first-order chi connectivity index (χ1) is 8.77. The van der Waals surface area contributed by atoms with Gasteiger partial charge in [0.25, 0.3) is 0 Å². The second kappa shape index (κ2) is 8.70. The minimum absolute atomic E-state index is 0.0337. The summed E-state index contributed by atoms with van der Waals surface area (Å²) in [6.07, 6.45) is 4.73. The molecule has 0 aliphatic carbocycles. The van der Waals surface area contributed by atoms with Crippen molar-refractivity contribution in [1.29, 1.82) is 0 Å². The maximum Gasteiger partial charge on any atom is 0.233 e. The predicted octanol–water partition coefficient (Wildman–Crippen LogP) is 2.64. The summed E-state index contributed by atoms with van der Waals surface area (Å²) in [5, 5.41) is 5.97. The summed E-state index contributed by atoms with van der Waals surface area (Å²) < 4.78 is 0. The Kier molecular flexibility index (Phi) is 7.11. The van der Waals surface area contributed by atoms with Crippen molar-refractivity contribution in [2.75, 3.05) is 13.6 Å². The van der Waals surface area contributed by atoms with E-state index in [9.17, 15) is 4.79 Å². The van der Waals surface area contributed by atoms with E-state index in [0.717, 1.165) is 6.42 Å². The molecule has 0 bridgehead atoms. The summed E-state index contributed by atoms with van der Waals surface area (Å²) >= 11 is 0. The molecule has 1 atom stereocenters. The number of amides is 1. The molecule has 18 heavy (non-hydrogen) atoms. The molecule has 0 saturated carbocycles. The molecule has 0 radical (unpaired) electrons. The summed E-state index contributed by atoms with van der Waals surface area (Å²) in [5.41, 5.74) is 1.26. The van der Waals surface area contributed by atoms with E-state index >= 15 is 0 Å². The second-order valence-corrected chi connectivity index (χ2v) is 4.51. The van der Waals surface area contributed by atoms with Crippen molar-refractivity contribution in [2.24, 2.45) is 0 Å². The van der Waals surface area contributed by atoms with Gasteiger partial charge >= 0.3 is 0 Å². The molecule has 0 aliphatic heterocycles. The van der Waals surface area contributed by atoms with Crippen LogP contribution in [0.15, 0.2) is 30.3 Å². The van der Waals surface area contributed by atoms with Gasteiger partial charge in [-0.25, -0.2) is 0 Å². The zero-order valence-electron chi connectivity index (χ0n) is 11.4. The first-order valence-corrected chi connectivity index (χ1v) is 6.76. The number of nitrogens with one attached hydrogen (secondary N) is 2. The molecule has 0 aliphatic rings. The number of carbonyl (C=O) groups excluding carboxylic acids is 1. The lowest BCUT2D eigenvalue weighted by Gasteiger charge is -2.18. The normalized spacial score (nSPS) is 12.1. The fourth-order valence-electron chi connectivity index (χ4n) is 1.97. The van der Waals surface area contributed by atoms with Crippen LogP contribution in [-0.4, -0.2) is 19.5 Å². The summed E-state index contributed by atoms with van der Waals surface area (Å²) in [6.45, 7) is 2.58. The Labute approximate surface area is 110 Å². The third kappa shape index (κ3) is 5.32. The van der Waals surface area contributed by atoms with Crippen LogP contribution in [0.3, 0.4) is 0 Å². The zero-order valence-corrected chi connectivity index (χ0v) is 11.4. The smallest absolute Gasteiger partial charge is 0.233 e. The van der Waals surface area contributed by atoms with Crippen molar-refractivity contribution in [1.82, 2.24) is 10.6 Å². The predicted molar refractivity (Wildman–Crippen MR) is 75.4 cm³/mol. The van der Waals surface area contributed by atoms with Crippen molar-refractivity contribution in [3.05, 3.63) is 35.9 Å². The first kappa shape index (κ1) is 14.7. The molecule has 0 fully saturated rings. The summed E-state index contributed by atoms with van der Waals surface area (Å²) in [4.78, 5) is 11.3. The van der Waals surface area contributed by atoms with Gasteiger partial charge in [-0.15, -0.1) is 0 Å². The average Bonchev–Trinajstić information content (AvgIpc) is 2.43. The second-order valence-electron chi connectivity index (χ2n) is 4.51. The first-order valence-electron chi connectivity index (χ1n) is 6.76. The topological polar surface area (TPSA) is 41.1 Å². The van der Waals surface area contributed by atoms with E-state index in [1.165, 1.54) is 24.8 Å². The van der Waals surface area contributed by atoms with Crippen molar-refractivity contribution in [3.8, 4) is 0 Å². The van der Waals surface area contributed by atoms with Gasteiger partial charge in [-0.1, -0.05) is 56.5 Å². The molecule has 0 heterocycles. The average molecular weight is 248 g/mol. The van der Waals surface area contributed by atoms with Crippen LogP contribution in [0.1, 0.15) is 44.2 Å². The van der Waals surface area contributed by atoms with Gasteiger partial charge in [0.15, 0.2) is 0 Å². The van der Waals surface area contributed by atoms with Gasteiger partial charge in [0.2, 0.25) is 5.91 Å². The van der Waals surface area contributed by atoms with Crippen LogP contribution < -0.4 is 10.6 Å². The molecular weight excluding hydrogens is 224 g/mol. The van der Waals surface area contributed by atoms with E-state index < -0.39 is 0 Å². The molecule has 1 amide bonds. The Bertz CT molecular complexity index is 338. The summed E-state index contributed by atoms with van der Waals surface area (Å²) in [6, 6.07) is 10.6. The zero-order chi connectivity index (χ0) is 13.2. The standard InChI is InChI=1S/C15H24N2O/c1-3-4-6-11-14(17-12-15(18)16-2)13-9-7-5-8-10-13/h5,7-10,14,17H,3-4,6,11-12H2,1-2H3,(H,16,18). The molecule has 3 heteroatoms. The van der Waals surface area contributed by atoms with Crippen molar-refractivity contribution in [3.63, 3.8) is 0 Å². The number of benzene rings is 1. The lowest BCUT2D eigenvalue weighted by atomic mass is 10.0. The molecule has 1 aromatic carbocycles. The molecule has 3 nitrogen and oxygen atoms in total. The van der Waals surface area contributed by atoms with Gasteiger partial charge in [-0.05, 0) is 12.0 Å². The number of carbonyl (C=O) groups is 1. The quantitative estimate of drug-likeness (QED) is 0.694. The fraction of sp³-hybridized carbons (Fsp3) is 0.533. The minimum Gasteiger partial charge on any atom is -0.358 e. The third-order valence-corrected chi connectivity index (χ3v) is 3.09. The third-order valence-electron chi connectivity index (χ3n) is 3.09. The highest BCUT2D eigenvalue weighted by atomic mass is 16.1. The van der Waals surface area contributed by atoms with Crippen LogP contribution >= 0.6 is 0 Å². The fourth-order valence-corrected chi connectivity index (χ4v) is 1.97. The Morgan fingerprint density at radius 2 is 1.94 bits per heavy atom. The Hall–Kier alpha value is -1.35. The van der Waals surface area contributed by atoms with Crippen LogP contribution in [0.5, 0.6) is 0 Å². The number of hydrogen-bond donors (Lipinski definition) is 2. The molecule has 100 valence electrons. The van der Waals surface area contributed by atoms with E-state index in [0.29, 0.717) is 6.54 Å². The monoisotopic (exact) mass is 248 g/mol. The van der Waals surface area contributed by atoms with Gasteiger partial charge in [0, 0.05) is 13.1 Å². The maximum absolute atomic E-state index is 11.3. The van der Waals surface area contributed by atoms with E-state index in [2.05, 4.69) is 29.7 Å². The lowest BCUT2D eigenvalue weighted by molar-refractivity contribution is -0.119. The van der Waals surface area contributed by atoms with Crippen molar-refractivity contribution < 1.29 is 4.79 Å². The van der Waals surface area contributed by atoms with Crippen LogP contribution in [0.25, 0.3) is 0 Å². The van der Waals surface area contributed by atoms with Gasteiger partial charge in [0.1, 0.15) is 0 Å². The van der Waals surface area contributed by atoms with E-state index in [1.807, 2.05) is 18.2 Å². The summed E-state index contributed by atoms with van der Waals surface area (Å²) in [7, 11) is 1.67. The summed E-state index contributed by atoms with van der Waals surface area (Å²) in [5.74, 6) is 0.0337. The van der Waals surface area contributed by atoms with Crippen molar-refractivity contribution >= 4 is 5.91 Å². The molecule has 1 aromatic rings. The number of rotatable bonds is 8. The van der Waals surface area contributed by atoms with Gasteiger partial charge in [-0.2, -0.15) is 0 Å². The highest BCUT2D eigenvalue weighted by Crippen LogP contribution is 2.19. The molecule has 2 N–H and O–H groups in total. The largest absolute Gasteiger partial charge is 0.358 e.